The molecule has 1 aliphatic heterocycles. The highest BCUT2D eigenvalue weighted by Crippen LogP contribution is 2.28. The van der Waals surface area contributed by atoms with E-state index >= 15 is 0 Å². The molecule has 130 valence electrons. The van der Waals surface area contributed by atoms with E-state index in [0.29, 0.717) is 5.69 Å². The molecule has 4 nitrogen and oxygen atoms in total. The van der Waals surface area contributed by atoms with Gasteiger partial charge in [0.1, 0.15) is 11.5 Å². The SMILES string of the molecule is CC1CCCC(C)N1C(=O)c1csc2nc(-c3ccc(F)cc3)cn12. The molecule has 0 bridgehead atoms. The average Bonchev–Trinajstić information content (AvgIpc) is 3.15. The second-order valence-electron chi connectivity index (χ2n) is 6.75. The molecular weight excluding hydrogens is 337 g/mol. The van der Waals surface area contributed by atoms with Gasteiger partial charge in [0.15, 0.2) is 4.96 Å². The molecule has 0 spiro atoms. The Hall–Kier alpha value is -2.21. The van der Waals surface area contributed by atoms with Crippen LogP contribution in [0, 0.1) is 5.82 Å². The summed E-state index contributed by atoms with van der Waals surface area (Å²) >= 11 is 1.46. The number of piperidine rings is 1. The van der Waals surface area contributed by atoms with Crippen molar-refractivity contribution >= 4 is 22.2 Å². The standard InChI is InChI=1S/C19H20FN3OS/c1-12-4-3-5-13(2)23(12)18(24)17-11-25-19-21-16(10-22(17)19)14-6-8-15(20)9-7-14/h6-13H,3-5H2,1-2H3. The Kier molecular flexibility index (Phi) is 4.07. The summed E-state index contributed by atoms with van der Waals surface area (Å²) in [7, 11) is 0. The second kappa shape index (κ2) is 6.26. The van der Waals surface area contributed by atoms with Gasteiger partial charge in [-0.2, -0.15) is 0 Å². The van der Waals surface area contributed by atoms with E-state index < -0.39 is 0 Å². The number of likely N-dealkylation sites (tertiary alicyclic amines) is 1. The number of carbonyl (C=O) groups excluding carboxylic acids is 1. The number of rotatable bonds is 2. The van der Waals surface area contributed by atoms with Crippen molar-refractivity contribution in [1.29, 1.82) is 0 Å². The minimum atomic E-state index is -0.270. The first-order valence-corrected chi connectivity index (χ1v) is 9.48. The van der Waals surface area contributed by atoms with Crippen LogP contribution in [0.15, 0.2) is 35.8 Å². The van der Waals surface area contributed by atoms with Gasteiger partial charge in [-0.05, 0) is 57.4 Å². The number of aromatic nitrogens is 2. The molecule has 2 atom stereocenters. The van der Waals surface area contributed by atoms with Gasteiger partial charge < -0.3 is 4.90 Å². The third-order valence-corrected chi connectivity index (χ3v) is 5.84. The van der Waals surface area contributed by atoms with Crippen molar-refractivity contribution in [3.8, 4) is 11.3 Å². The molecule has 25 heavy (non-hydrogen) atoms. The molecule has 3 heterocycles. The Labute approximate surface area is 149 Å². The number of benzene rings is 1. The van der Waals surface area contributed by atoms with E-state index in [1.165, 1.54) is 29.9 Å². The number of imidazole rings is 1. The molecule has 4 rings (SSSR count). The highest BCUT2D eigenvalue weighted by molar-refractivity contribution is 7.15. The first kappa shape index (κ1) is 16.3. The summed E-state index contributed by atoms with van der Waals surface area (Å²) in [6.45, 7) is 4.24. The molecule has 2 aromatic heterocycles. The number of thiazole rings is 1. The monoisotopic (exact) mass is 357 g/mol. The lowest BCUT2D eigenvalue weighted by Gasteiger charge is -2.38. The number of halogens is 1. The zero-order valence-electron chi connectivity index (χ0n) is 14.3. The predicted octanol–water partition coefficient (Wildman–Crippen LogP) is 4.61. The summed E-state index contributed by atoms with van der Waals surface area (Å²) < 4.78 is 15.0. The van der Waals surface area contributed by atoms with Gasteiger partial charge in [-0.15, -0.1) is 11.3 Å². The van der Waals surface area contributed by atoms with Gasteiger partial charge >= 0.3 is 0 Å². The number of carbonyl (C=O) groups is 1. The van der Waals surface area contributed by atoms with Crippen molar-refractivity contribution in [2.24, 2.45) is 0 Å². The van der Waals surface area contributed by atoms with Crippen LogP contribution in [0.2, 0.25) is 0 Å². The largest absolute Gasteiger partial charge is 0.332 e. The minimum Gasteiger partial charge on any atom is -0.332 e. The summed E-state index contributed by atoms with van der Waals surface area (Å²) in [6.07, 6.45) is 5.14. The lowest BCUT2D eigenvalue weighted by Crippen LogP contribution is -2.47. The summed E-state index contributed by atoms with van der Waals surface area (Å²) in [6, 6.07) is 6.77. The van der Waals surface area contributed by atoms with Crippen LogP contribution in [0.3, 0.4) is 0 Å². The zero-order chi connectivity index (χ0) is 17.6. The lowest BCUT2D eigenvalue weighted by atomic mass is 9.97. The Bertz CT molecular complexity index is 905. The Morgan fingerprint density at radius 1 is 1.20 bits per heavy atom. The fourth-order valence-electron chi connectivity index (χ4n) is 3.65. The summed E-state index contributed by atoms with van der Waals surface area (Å²) in [5.41, 5.74) is 2.25. The number of amides is 1. The van der Waals surface area contributed by atoms with Crippen molar-refractivity contribution in [2.45, 2.75) is 45.2 Å². The Morgan fingerprint density at radius 2 is 1.88 bits per heavy atom. The van der Waals surface area contributed by atoms with Gasteiger partial charge in [-0.25, -0.2) is 9.37 Å². The third kappa shape index (κ3) is 2.84. The van der Waals surface area contributed by atoms with E-state index in [2.05, 4.69) is 18.8 Å². The fraction of sp³-hybridized carbons (Fsp3) is 0.368. The molecule has 0 aliphatic carbocycles. The van der Waals surface area contributed by atoms with Crippen molar-refractivity contribution < 1.29 is 9.18 Å². The summed E-state index contributed by atoms with van der Waals surface area (Å²) in [4.78, 5) is 20.5. The van der Waals surface area contributed by atoms with Crippen molar-refractivity contribution in [3.63, 3.8) is 0 Å². The van der Waals surface area contributed by atoms with Crippen molar-refractivity contribution in [1.82, 2.24) is 14.3 Å². The first-order chi connectivity index (χ1) is 12.0. The third-order valence-electron chi connectivity index (χ3n) is 5.00. The van der Waals surface area contributed by atoms with Gasteiger partial charge in [-0.3, -0.25) is 9.20 Å². The average molecular weight is 357 g/mol. The highest BCUT2D eigenvalue weighted by Gasteiger charge is 2.31. The molecule has 1 aromatic carbocycles. The smallest absolute Gasteiger partial charge is 0.272 e. The van der Waals surface area contributed by atoms with E-state index in [0.717, 1.165) is 29.1 Å². The quantitative estimate of drug-likeness (QED) is 0.672. The van der Waals surface area contributed by atoms with E-state index in [4.69, 9.17) is 0 Å². The lowest BCUT2D eigenvalue weighted by molar-refractivity contribution is 0.0504. The second-order valence-corrected chi connectivity index (χ2v) is 7.58. The maximum Gasteiger partial charge on any atom is 0.272 e. The van der Waals surface area contributed by atoms with Gasteiger partial charge in [0.25, 0.3) is 5.91 Å². The van der Waals surface area contributed by atoms with Crippen LogP contribution in [0.1, 0.15) is 43.6 Å². The molecular formula is C19H20FN3OS. The molecule has 0 radical (unpaired) electrons. The van der Waals surface area contributed by atoms with Gasteiger partial charge in [-0.1, -0.05) is 0 Å². The molecule has 1 aliphatic rings. The molecule has 1 saturated heterocycles. The van der Waals surface area contributed by atoms with E-state index in [1.54, 1.807) is 12.1 Å². The van der Waals surface area contributed by atoms with Crippen LogP contribution < -0.4 is 0 Å². The van der Waals surface area contributed by atoms with Crippen molar-refractivity contribution in [2.75, 3.05) is 0 Å². The van der Waals surface area contributed by atoms with E-state index in [1.807, 2.05) is 20.9 Å². The predicted molar refractivity (Wildman–Crippen MR) is 97.4 cm³/mol. The molecule has 0 N–H and O–H groups in total. The van der Waals surface area contributed by atoms with Crippen molar-refractivity contribution in [3.05, 3.63) is 47.4 Å². The molecule has 3 aromatic rings. The molecule has 1 fully saturated rings. The topological polar surface area (TPSA) is 37.6 Å². The van der Waals surface area contributed by atoms with Crippen LogP contribution in [0.25, 0.3) is 16.2 Å². The summed E-state index contributed by atoms with van der Waals surface area (Å²) in [5.74, 6) is -0.206. The number of nitrogens with zero attached hydrogens (tertiary/aromatic N) is 3. The number of hydrogen-bond acceptors (Lipinski definition) is 3. The van der Waals surface area contributed by atoms with Crippen LogP contribution >= 0.6 is 11.3 Å². The Balaban J connectivity index is 1.71. The first-order valence-electron chi connectivity index (χ1n) is 8.60. The zero-order valence-corrected chi connectivity index (χ0v) is 15.1. The van der Waals surface area contributed by atoms with E-state index in [-0.39, 0.29) is 23.8 Å². The molecule has 1 amide bonds. The minimum absolute atomic E-state index is 0.0639. The maximum atomic E-state index is 13.1. The van der Waals surface area contributed by atoms with Crippen LogP contribution in [0.5, 0.6) is 0 Å². The molecule has 0 saturated carbocycles. The molecule has 2 unspecified atom stereocenters. The van der Waals surface area contributed by atoms with Gasteiger partial charge in [0.05, 0.1) is 5.69 Å². The normalized spacial score (nSPS) is 21.0. The summed E-state index contributed by atoms with van der Waals surface area (Å²) in [5, 5.41) is 1.88. The van der Waals surface area contributed by atoms with Crippen LogP contribution in [-0.2, 0) is 0 Å². The van der Waals surface area contributed by atoms with Crippen LogP contribution in [-0.4, -0.2) is 32.3 Å². The fourth-order valence-corrected chi connectivity index (χ4v) is 4.50. The molecule has 6 heteroatoms. The van der Waals surface area contributed by atoms with E-state index in [9.17, 15) is 9.18 Å². The van der Waals surface area contributed by atoms with Gasteiger partial charge in [0, 0.05) is 29.2 Å². The Morgan fingerprint density at radius 3 is 2.56 bits per heavy atom. The number of hydrogen-bond donors (Lipinski definition) is 0. The van der Waals surface area contributed by atoms with Gasteiger partial charge in [0.2, 0.25) is 0 Å². The highest BCUT2D eigenvalue weighted by atomic mass is 32.1. The van der Waals surface area contributed by atoms with Crippen LogP contribution in [0.4, 0.5) is 4.39 Å². The number of fused-ring (bicyclic) bond motifs is 1. The maximum absolute atomic E-state index is 13.1.